The Morgan fingerprint density at radius 3 is 0.419 bits per heavy atom. The van der Waals surface area contributed by atoms with Crippen LogP contribution in [0, 0.1) is 0 Å². The predicted octanol–water partition coefficient (Wildman–Crippen LogP) is 18.2. The van der Waals surface area contributed by atoms with E-state index in [2.05, 4.69) is 20.8 Å². The van der Waals surface area contributed by atoms with Gasteiger partial charge in [-0.25, -0.2) is 0 Å². The molecule has 0 heterocycles. The molecule has 0 unspecified atom stereocenters. The van der Waals surface area contributed by atoms with Crippen molar-refractivity contribution in [3.8, 4) is 0 Å². The number of carbonyl (C=O) groups is 3. The van der Waals surface area contributed by atoms with Gasteiger partial charge in [0.1, 0.15) is 0 Å². The molecule has 0 fully saturated rings. The van der Waals surface area contributed by atoms with Gasteiger partial charge in [0, 0.05) is 41.0 Å². The van der Waals surface area contributed by atoms with Crippen molar-refractivity contribution in [2.45, 2.75) is 329 Å². The molecule has 0 aliphatic carbocycles. The van der Waals surface area contributed by atoms with E-state index in [4.69, 9.17) is 15.3 Å². The van der Waals surface area contributed by atoms with E-state index in [9.17, 15) is 14.4 Å². The molecule has 372 valence electrons. The van der Waals surface area contributed by atoms with Gasteiger partial charge < -0.3 is 20.8 Å². The molecule has 8 heteroatoms. The SMILES string of the molecule is CCCCCCCCCCCCCCCCCC(=O)O.CCCCCCCCCCCCCCCCCC(=O)O.CCCCCCCCCCCCCCCCCC(=O)O.O.[Ti]. The van der Waals surface area contributed by atoms with Gasteiger partial charge in [-0.05, 0) is 19.3 Å². The summed E-state index contributed by atoms with van der Waals surface area (Å²) in [6.45, 7) is 6.81. The quantitative estimate of drug-likeness (QED) is 0.0410. The Hall–Kier alpha value is -0.916. The van der Waals surface area contributed by atoms with Crippen LogP contribution in [0.3, 0.4) is 0 Å². The van der Waals surface area contributed by atoms with Gasteiger partial charge in [-0.2, -0.15) is 0 Å². The molecule has 0 aromatic heterocycles. The molecule has 0 saturated heterocycles. The zero-order valence-corrected chi connectivity index (χ0v) is 43.6. The maximum Gasteiger partial charge on any atom is 0.303 e. The van der Waals surface area contributed by atoms with Crippen LogP contribution in [0.1, 0.15) is 329 Å². The zero-order chi connectivity index (χ0) is 44.7. The number of carboxylic acid groups (broad SMARTS) is 3. The van der Waals surface area contributed by atoms with Crippen molar-refractivity contribution in [1.29, 1.82) is 0 Å². The number of rotatable bonds is 48. The minimum Gasteiger partial charge on any atom is -0.481 e. The molecule has 5 N–H and O–H groups in total. The second-order valence-electron chi connectivity index (χ2n) is 18.3. The number of aliphatic carboxylic acids is 3. The Balaban J connectivity index is -0.000000258. The van der Waals surface area contributed by atoms with Gasteiger partial charge in [0.2, 0.25) is 0 Å². The topological polar surface area (TPSA) is 143 Å². The monoisotopic (exact) mass is 919 g/mol. The molecule has 0 atom stereocenters. The number of hydrogen-bond donors (Lipinski definition) is 3. The summed E-state index contributed by atoms with van der Waals surface area (Å²) in [6.07, 6.45) is 60.6. The molecule has 0 rings (SSSR count). The number of unbranched alkanes of at least 4 members (excludes halogenated alkanes) is 42. The van der Waals surface area contributed by atoms with Crippen molar-refractivity contribution in [3.05, 3.63) is 0 Å². The van der Waals surface area contributed by atoms with E-state index in [-0.39, 0.29) is 27.2 Å². The Bertz CT molecular complexity index is 720. The summed E-state index contributed by atoms with van der Waals surface area (Å²) in [4.78, 5) is 31.0. The van der Waals surface area contributed by atoms with Gasteiger partial charge in [0.15, 0.2) is 0 Å². The number of carboxylic acids is 3. The second-order valence-corrected chi connectivity index (χ2v) is 18.3. The molecule has 0 aliphatic heterocycles. The van der Waals surface area contributed by atoms with E-state index >= 15 is 0 Å². The van der Waals surface area contributed by atoms with Crippen LogP contribution in [0.5, 0.6) is 0 Å². The molecule has 0 amide bonds. The second kappa shape index (κ2) is 66.7. The molecular formula is C54H110O7Ti. The summed E-state index contributed by atoms with van der Waals surface area (Å²) in [5.74, 6) is -1.96. The average Bonchev–Trinajstić information content (AvgIpc) is 3.22. The van der Waals surface area contributed by atoms with Gasteiger partial charge in [-0.1, -0.05) is 290 Å². The van der Waals surface area contributed by atoms with Crippen molar-refractivity contribution in [2.24, 2.45) is 0 Å². The van der Waals surface area contributed by atoms with Gasteiger partial charge in [-0.15, -0.1) is 0 Å². The minimum atomic E-state index is -0.653. The molecule has 0 saturated carbocycles. The molecular weight excluding hydrogens is 808 g/mol. The molecule has 0 aliphatic rings. The normalized spacial score (nSPS) is 10.5. The molecule has 62 heavy (non-hydrogen) atoms. The summed E-state index contributed by atoms with van der Waals surface area (Å²) in [5.41, 5.74) is 0. The van der Waals surface area contributed by atoms with Crippen LogP contribution < -0.4 is 0 Å². The van der Waals surface area contributed by atoms with Crippen molar-refractivity contribution >= 4 is 17.9 Å². The van der Waals surface area contributed by atoms with Crippen molar-refractivity contribution in [3.63, 3.8) is 0 Å². The van der Waals surface area contributed by atoms with Gasteiger partial charge >= 0.3 is 17.9 Å². The first-order valence-electron chi connectivity index (χ1n) is 27.0. The standard InChI is InChI=1S/3C18H36O2.H2O.Ti/c3*1-2-3-4-5-6-7-8-9-10-11-12-13-14-15-16-17-18(19)20;;/h3*2-17H2,1H3,(H,19,20);1H2;. The van der Waals surface area contributed by atoms with Gasteiger partial charge in [0.05, 0.1) is 0 Å². The Morgan fingerprint density at radius 2 is 0.323 bits per heavy atom. The van der Waals surface area contributed by atoms with Gasteiger partial charge in [0.25, 0.3) is 0 Å². The Morgan fingerprint density at radius 1 is 0.226 bits per heavy atom. The van der Waals surface area contributed by atoms with Crippen LogP contribution in [0.15, 0.2) is 0 Å². The number of hydrogen-bond acceptors (Lipinski definition) is 3. The third-order valence-electron chi connectivity index (χ3n) is 12.0. The summed E-state index contributed by atoms with van der Waals surface area (Å²) in [6, 6.07) is 0. The smallest absolute Gasteiger partial charge is 0.303 e. The summed E-state index contributed by atoms with van der Waals surface area (Å²) in [7, 11) is 0. The van der Waals surface area contributed by atoms with E-state index < -0.39 is 17.9 Å². The molecule has 0 aromatic rings. The molecule has 0 radical (unpaired) electrons. The van der Waals surface area contributed by atoms with E-state index in [0.29, 0.717) is 19.3 Å². The van der Waals surface area contributed by atoms with E-state index in [1.165, 1.54) is 250 Å². The van der Waals surface area contributed by atoms with Crippen LogP contribution in [0.25, 0.3) is 0 Å². The van der Waals surface area contributed by atoms with Crippen LogP contribution in [-0.2, 0) is 36.1 Å². The van der Waals surface area contributed by atoms with Crippen molar-refractivity contribution in [2.75, 3.05) is 0 Å². The third kappa shape index (κ3) is 79.5. The Kier molecular flexibility index (Phi) is 75.4. The van der Waals surface area contributed by atoms with Crippen molar-refractivity contribution < 1.29 is 56.9 Å². The van der Waals surface area contributed by atoms with Crippen LogP contribution in [0.4, 0.5) is 0 Å². The maximum atomic E-state index is 10.3. The maximum absolute atomic E-state index is 10.3. The molecule has 7 nitrogen and oxygen atoms in total. The first kappa shape index (κ1) is 70.1. The van der Waals surface area contributed by atoms with E-state index in [1.54, 1.807) is 0 Å². The van der Waals surface area contributed by atoms with Crippen LogP contribution in [-0.4, -0.2) is 38.7 Å². The zero-order valence-electron chi connectivity index (χ0n) is 42.0. The first-order valence-corrected chi connectivity index (χ1v) is 27.0. The third-order valence-corrected chi connectivity index (χ3v) is 12.0. The van der Waals surface area contributed by atoms with Gasteiger partial charge in [-0.3, -0.25) is 14.4 Å². The minimum absolute atomic E-state index is 0. The fourth-order valence-electron chi connectivity index (χ4n) is 7.94. The summed E-state index contributed by atoms with van der Waals surface area (Å²) >= 11 is 0. The predicted molar refractivity (Wildman–Crippen MR) is 265 cm³/mol. The summed E-state index contributed by atoms with van der Waals surface area (Å²) < 4.78 is 0. The molecule has 0 aromatic carbocycles. The first-order chi connectivity index (χ1) is 29.3. The van der Waals surface area contributed by atoms with E-state index in [1.807, 2.05) is 0 Å². The molecule has 0 bridgehead atoms. The van der Waals surface area contributed by atoms with Crippen LogP contribution in [0.2, 0.25) is 0 Å². The van der Waals surface area contributed by atoms with Crippen LogP contribution >= 0.6 is 0 Å². The van der Waals surface area contributed by atoms with Crippen molar-refractivity contribution in [1.82, 2.24) is 0 Å². The summed E-state index contributed by atoms with van der Waals surface area (Å²) in [5, 5.41) is 25.6. The fourth-order valence-corrected chi connectivity index (χ4v) is 7.94. The Labute approximate surface area is 401 Å². The fraction of sp³-hybridized carbons (Fsp3) is 0.944. The van der Waals surface area contributed by atoms with E-state index in [0.717, 1.165) is 38.5 Å². The molecule has 0 spiro atoms. The largest absolute Gasteiger partial charge is 0.481 e. The average molecular weight is 919 g/mol.